The Balaban J connectivity index is 1.46. The van der Waals surface area contributed by atoms with Gasteiger partial charge in [0.1, 0.15) is 5.52 Å². The van der Waals surface area contributed by atoms with Gasteiger partial charge in [-0.15, -0.1) is 5.10 Å². The second-order valence-electron chi connectivity index (χ2n) is 7.97. The summed E-state index contributed by atoms with van der Waals surface area (Å²) >= 11 is 6.15. The highest BCUT2D eigenvalue weighted by Crippen LogP contribution is 2.26. The van der Waals surface area contributed by atoms with Crippen molar-refractivity contribution in [2.45, 2.75) is 44.2 Å². The zero-order valence-corrected chi connectivity index (χ0v) is 19.4. The van der Waals surface area contributed by atoms with Crippen LogP contribution in [0.2, 0.25) is 5.02 Å². The predicted molar refractivity (Wildman–Crippen MR) is 123 cm³/mol. The van der Waals surface area contributed by atoms with Crippen molar-refractivity contribution in [3.63, 3.8) is 0 Å². The zero-order chi connectivity index (χ0) is 22.7. The molecule has 3 aromatic rings. The molecule has 1 saturated heterocycles. The zero-order valence-electron chi connectivity index (χ0n) is 17.9. The predicted octanol–water partition coefficient (Wildman–Crippen LogP) is 3.21. The fourth-order valence-corrected chi connectivity index (χ4v) is 5.73. The highest BCUT2D eigenvalue weighted by Gasteiger charge is 2.33. The average molecular weight is 476 g/mol. The SMILES string of the molecule is CCCn1nnc2cc(S(=O)(=O)N3CCCC(C(=O)NCc4ccccc4Cl)C3)ccc21. The van der Waals surface area contributed by atoms with Gasteiger partial charge in [0, 0.05) is 31.2 Å². The molecule has 1 aliphatic rings. The van der Waals surface area contributed by atoms with Crippen LogP contribution < -0.4 is 5.32 Å². The number of piperidine rings is 1. The Bertz CT molecular complexity index is 1230. The topological polar surface area (TPSA) is 97.2 Å². The first-order valence-electron chi connectivity index (χ1n) is 10.7. The number of hydrogen-bond donors (Lipinski definition) is 1. The second kappa shape index (κ2) is 9.56. The molecule has 32 heavy (non-hydrogen) atoms. The lowest BCUT2D eigenvalue weighted by atomic mass is 9.99. The number of amides is 1. The van der Waals surface area contributed by atoms with Crippen molar-refractivity contribution < 1.29 is 13.2 Å². The van der Waals surface area contributed by atoms with E-state index in [0.29, 0.717) is 36.5 Å². The average Bonchev–Trinajstić information content (AvgIpc) is 3.21. The number of carbonyl (C=O) groups is 1. The van der Waals surface area contributed by atoms with E-state index in [0.717, 1.165) is 24.0 Å². The number of nitrogens with zero attached hydrogens (tertiary/aromatic N) is 4. The Morgan fingerprint density at radius 2 is 2.06 bits per heavy atom. The van der Waals surface area contributed by atoms with E-state index in [-0.39, 0.29) is 17.3 Å². The number of halogens is 1. The van der Waals surface area contributed by atoms with Gasteiger partial charge in [0.05, 0.1) is 16.3 Å². The summed E-state index contributed by atoms with van der Waals surface area (Å²) in [4.78, 5) is 12.9. The first kappa shape index (κ1) is 22.7. The van der Waals surface area contributed by atoms with E-state index in [1.165, 1.54) is 4.31 Å². The number of benzene rings is 2. The largest absolute Gasteiger partial charge is 0.352 e. The standard InChI is InChI=1S/C22H26ClN5O3S/c1-2-11-28-21-10-9-18(13-20(21)25-26-28)32(30,31)27-12-5-7-17(15-27)22(29)24-14-16-6-3-4-8-19(16)23/h3-4,6,8-10,13,17H,2,5,7,11-12,14-15H2,1H3,(H,24,29). The molecule has 1 N–H and O–H groups in total. The van der Waals surface area contributed by atoms with Crippen LogP contribution in [-0.2, 0) is 27.9 Å². The van der Waals surface area contributed by atoms with Gasteiger partial charge in [0.25, 0.3) is 0 Å². The molecule has 10 heteroatoms. The monoisotopic (exact) mass is 475 g/mol. The third-order valence-corrected chi connectivity index (χ3v) is 7.95. The van der Waals surface area contributed by atoms with Crippen molar-refractivity contribution >= 4 is 38.6 Å². The van der Waals surface area contributed by atoms with Gasteiger partial charge < -0.3 is 5.32 Å². The maximum absolute atomic E-state index is 13.3. The number of sulfonamides is 1. The number of fused-ring (bicyclic) bond motifs is 1. The Labute approximate surface area is 192 Å². The normalized spacial score (nSPS) is 17.5. The molecule has 1 unspecified atom stereocenters. The van der Waals surface area contributed by atoms with Crippen LogP contribution in [0.1, 0.15) is 31.7 Å². The molecule has 4 rings (SSSR count). The van der Waals surface area contributed by atoms with Crippen LogP contribution in [0.15, 0.2) is 47.4 Å². The molecule has 1 aromatic heterocycles. The number of nitrogens with one attached hydrogen (secondary N) is 1. The van der Waals surface area contributed by atoms with Crippen molar-refractivity contribution in [1.29, 1.82) is 0 Å². The molecule has 0 bridgehead atoms. The summed E-state index contributed by atoms with van der Waals surface area (Å²) in [6, 6.07) is 12.2. The number of rotatable bonds is 7. The molecular weight excluding hydrogens is 450 g/mol. The lowest BCUT2D eigenvalue weighted by Crippen LogP contribution is -2.45. The van der Waals surface area contributed by atoms with Gasteiger partial charge >= 0.3 is 0 Å². The molecule has 1 atom stereocenters. The van der Waals surface area contributed by atoms with E-state index in [4.69, 9.17) is 11.6 Å². The number of aromatic nitrogens is 3. The van der Waals surface area contributed by atoms with Gasteiger partial charge in [-0.3, -0.25) is 4.79 Å². The van der Waals surface area contributed by atoms with Crippen molar-refractivity contribution in [2.75, 3.05) is 13.1 Å². The van der Waals surface area contributed by atoms with Crippen molar-refractivity contribution in [2.24, 2.45) is 5.92 Å². The van der Waals surface area contributed by atoms with E-state index in [1.807, 2.05) is 25.1 Å². The van der Waals surface area contributed by atoms with Crippen molar-refractivity contribution in [1.82, 2.24) is 24.6 Å². The number of aryl methyl sites for hydroxylation is 1. The molecule has 8 nitrogen and oxygen atoms in total. The third kappa shape index (κ3) is 4.65. The van der Waals surface area contributed by atoms with E-state index in [2.05, 4.69) is 15.6 Å². The minimum Gasteiger partial charge on any atom is -0.352 e. The van der Waals surface area contributed by atoms with Gasteiger partial charge in [-0.05, 0) is 49.1 Å². The van der Waals surface area contributed by atoms with E-state index < -0.39 is 15.9 Å². The van der Waals surface area contributed by atoms with Crippen molar-refractivity contribution in [3.8, 4) is 0 Å². The summed E-state index contributed by atoms with van der Waals surface area (Å²) in [5, 5.41) is 11.7. The summed E-state index contributed by atoms with van der Waals surface area (Å²) in [5.41, 5.74) is 2.18. The summed E-state index contributed by atoms with van der Waals surface area (Å²) in [6.07, 6.45) is 2.18. The Morgan fingerprint density at radius 3 is 2.84 bits per heavy atom. The van der Waals surface area contributed by atoms with E-state index >= 15 is 0 Å². The molecule has 2 heterocycles. The first-order chi connectivity index (χ1) is 15.4. The van der Waals surface area contributed by atoms with Crippen LogP contribution in [0.4, 0.5) is 0 Å². The van der Waals surface area contributed by atoms with E-state index in [9.17, 15) is 13.2 Å². The van der Waals surface area contributed by atoms with Crippen LogP contribution in [-0.4, -0.2) is 46.7 Å². The highest BCUT2D eigenvalue weighted by atomic mass is 35.5. The Hall–Kier alpha value is -2.49. The van der Waals surface area contributed by atoms with Crippen LogP contribution in [0.3, 0.4) is 0 Å². The molecule has 170 valence electrons. The van der Waals surface area contributed by atoms with Gasteiger partial charge in [-0.1, -0.05) is 41.9 Å². The minimum atomic E-state index is -3.74. The third-order valence-electron chi connectivity index (χ3n) is 5.72. The smallest absolute Gasteiger partial charge is 0.243 e. The lowest BCUT2D eigenvalue weighted by Gasteiger charge is -2.31. The fourth-order valence-electron chi connectivity index (χ4n) is 3.98. The molecule has 1 aliphatic heterocycles. The van der Waals surface area contributed by atoms with Crippen LogP contribution in [0.25, 0.3) is 11.0 Å². The molecule has 1 amide bonds. The summed E-state index contributed by atoms with van der Waals surface area (Å²) in [6.45, 7) is 3.61. The Morgan fingerprint density at radius 1 is 1.25 bits per heavy atom. The summed E-state index contributed by atoms with van der Waals surface area (Å²) in [7, 11) is -3.74. The van der Waals surface area contributed by atoms with Gasteiger partial charge in [-0.2, -0.15) is 4.31 Å². The van der Waals surface area contributed by atoms with Gasteiger partial charge in [0.15, 0.2) is 0 Å². The maximum atomic E-state index is 13.3. The summed E-state index contributed by atoms with van der Waals surface area (Å²) < 4.78 is 29.7. The Kier molecular flexibility index (Phi) is 6.78. The van der Waals surface area contributed by atoms with Crippen LogP contribution in [0, 0.1) is 5.92 Å². The van der Waals surface area contributed by atoms with Crippen molar-refractivity contribution in [3.05, 3.63) is 53.1 Å². The second-order valence-corrected chi connectivity index (χ2v) is 10.3. The molecule has 1 fully saturated rings. The highest BCUT2D eigenvalue weighted by molar-refractivity contribution is 7.89. The molecular formula is C22H26ClN5O3S. The fraction of sp³-hybridized carbons (Fsp3) is 0.409. The number of hydrogen-bond acceptors (Lipinski definition) is 5. The molecule has 0 radical (unpaired) electrons. The molecule has 0 aliphatic carbocycles. The van der Waals surface area contributed by atoms with Crippen LogP contribution >= 0.6 is 11.6 Å². The quantitative estimate of drug-likeness (QED) is 0.566. The first-order valence-corrected chi connectivity index (χ1v) is 12.6. The van der Waals surface area contributed by atoms with Gasteiger partial charge in [0.2, 0.25) is 15.9 Å². The minimum absolute atomic E-state index is 0.150. The van der Waals surface area contributed by atoms with Gasteiger partial charge in [-0.25, -0.2) is 13.1 Å². The lowest BCUT2D eigenvalue weighted by molar-refractivity contribution is -0.126. The summed E-state index contributed by atoms with van der Waals surface area (Å²) in [5.74, 6) is -0.571. The molecule has 0 saturated carbocycles. The van der Waals surface area contributed by atoms with Crippen LogP contribution in [0.5, 0.6) is 0 Å². The maximum Gasteiger partial charge on any atom is 0.243 e. The number of carbonyl (C=O) groups excluding carboxylic acids is 1. The molecule has 0 spiro atoms. The van der Waals surface area contributed by atoms with E-state index in [1.54, 1.807) is 28.9 Å². The molecule has 2 aromatic carbocycles.